The molecule has 0 spiro atoms. The number of likely N-dealkylation sites (N-methyl/N-ethyl adjacent to an activating group) is 1. The van der Waals surface area contributed by atoms with Crippen LogP contribution in [0.4, 0.5) is 0 Å². The van der Waals surface area contributed by atoms with Gasteiger partial charge in [-0.05, 0) is 61.1 Å². The van der Waals surface area contributed by atoms with E-state index < -0.39 is 33.5 Å². The van der Waals surface area contributed by atoms with Gasteiger partial charge in [-0.1, -0.05) is 61.3 Å². The maximum Gasteiger partial charge on any atom is 0.306 e. The van der Waals surface area contributed by atoms with Crippen molar-refractivity contribution < 1.29 is 22.7 Å². The van der Waals surface area contributed by atoms with Crippen molar-refractivity contribution in [1.29, 1.82) is 0 Å². The van der Waals surface area contributed by atoms with E-state index in [0.29, 0.717) is 35.7 Å². The van der Waals surface area contributed by atoms with Crippen LogP contribution in [0, 0.1) is 5.41 Å². The van der Waals surface area contributed by atoms with Gasteiger partial charge in [0.15, 0.2) is 0 Å². The number of hydrogen-bond acceptors (Lipinski definition) is 5. The number of rotatable bonds is 10. The van der Waals surface area contributed by atoms with Gasteiger partial charge in [-0.15, -0.1) is 0 Å². The van der Waals surface area contributed by atoms with E-state index >= 15 is 0 Å². The molecule has 2 aliphatic rings. The number of benzene rings is 2. The Kier molecular flexibility index (Phi) is 9.01. The lowest BCUT2D eigenvalue weighted by molar-refractivity contribution is -0.161. The summed E-state index contributed by atoms with van der Waals surface area (Å²) in [5.41, 5.74) is 0.749. The van der Waals surface area contributed by atoms with E-state index in [0.717, 1.165) is 11.1 Å². The Morgan fingerprint density at radius 3 is 2.36 bits per heavy atom. The van der Waals surface area contributed by atoms with Gasteiger partial charge in [0.05, 0.1) is 30.2 Å². The van der Waals surface area contributed by atoms with Crippen molar-refractivity contribution in [2.45, 2.75) is 69.2 Å². The summed E-state index contributed by atoms with van der Waals surface area (Å²) >= 11 is 12.7. The Bertz CT molecular complexity index is 1320. The fraction of sp³-hybridized carbons (Fsp3) is 0.517. The maximum absolute atomic E-state index is 14.5. The SMILES string of the molecule is CCC(CN(C)S(=O)(=O)C1CC1)N1C(=O)[C@@](C)(CC(=O)OC)C[C@H](c2cccc(Cl)c2)[C@H]1c1ccc(Cl)cc1. The standard InChI is InChI=1S/C29H36Cl2N2O5S/c1-5-23(18-32(3)39(36,37)24-13-14-24)33-27(19-9-11-21(30)12-10-19)25(20-7-6-8-22(31)15-20)16-29(2,28(33)35)17-26(34)38-4/h6-12,15,23-25,27H,5,13-14,16-18H2,1-4H3/t23?,25-,27-,29-/m1/s1. The summed E-state index contributed by atoms with van der Waals surface area (Å²) < 4.78 is 32.5. The van der Waals surface area contributed by atoms with Gasteiger partial charge in [-0.25, -0.2) is 12.7 Å². The molecule has 212 valence electrons. The first kappa shape index (κ1) is 29.8. The van der Waals surface area contributed by atoms with Crippen LogP contribution in [0.25, 0.3) is 0 Å². The van der Waals surface area contributed by atoms with Crippen molar-refractivity contribution in [3.8, 4) is 0 Å². The smallest absolute Gasteiger partial charge is 0.306 e. The number of amides is 1. The van der Waals surface area contributed by atoms with Crippen LogP contribution in [0.1, 0.15) is 69.0 Å². The Hall–Kier alpha value is -2.13. The Labute approximate surface area is 241 Å². The molecule has 1 saturated heterocycles. The van der Waals surface area contributed by atoms with Gasteiger partial charge in [0.25, 0.3) is 0 Å². The highest BCUT2D eigenvalue weighted by atomic mass is 35.5. The Morgan fingerprint density at radius 2 is 1.79 bits per heavy atom. The van der Waals surface area contributed by atoms with Crippen molar-refractivity contribution in [3.63, 3.8) is 0 Å². The molecule has 4 rings (SSSR count). The van der Waals surface area contributed by atoms with Crippen LogP contribution in [0.15, 0.2) is 48.5 Å². The predicted octanol–water partition coefficient (Wildman–Crippen LogP) is 5.82. The van der Waals surface area contributed by atoms with Gasteiger partial charge in [0.2, 0.25) is 15.9 Å². The fourth-order valence-corrected chi connectivity index (χ4v) is 7.72. The van der Waals surface area contributed by atoms with Crippen LogP contribution in [-0.2, 0) is 24.3 Å². The van der Waals surface area contributed by atoms with Crippen LogP contribution in [0.3, 0.4) is 0 Å². The molecule has 1 unspecified atom stereocenters. The second-order valence-corrected chi connectivity index (χ2v) is 14.2. The predicted molar refractivity (Wildman–Crippen MR) is 153 cm³/mol. The van der Waals surface area contributed by atoms with Crippen molar-refractivity contribution in [2.75, 3.05) is 20.7 Å². The van der Waals surface area contributed by atoms with Gasteiger partial charge < -0.3 is 9.64 Å². The second-order valence-electron chi connectivity index (χ2n) is 11.0. The Balaban J connectivity index is 1.86. The molecule has 10 heteroatoms. The summed E-state index contributed by atoms with van der Waals surface area (Å²) in [4.78, 5) is 28.8. The molecule has 0 radical (unpaired) electrons. The molecule has 1 saturated carbocycles. The third-order valence-corrected chi connectivity index (χ3v) is 10.9. The van der Waals surface area contributed by atoms with Crippen LogP contribution < -0.4 is 0 Å². The molecule has 1 aliphatic heterocycles. The topological polar surface area (TPSA) is 84.0 Å². The third-order valence-electron chi connectivity index (χ3n) is 8.07. The highest BCUT2D eigenvalue weighted by molar-refractivity contribution is 7.90. The number of carbonyl (C=O) groups is 2. The average molecular weight is 596 g/mol. The monoisotopic (exact) mass is 594 g/mol. The normalized spacial score (nSPS) is 24.6. The number of nitrogens with zero attached hydrogens (tertiary/aromatic N) is 2. The van der Waals surface area contributed by atoms with E-state index in [1.54, 1.807) is 32.2 Å². The van der Waals surface area contributed by atoms with Crippen LogP contribution >= 0.6 is 23.2 Å². The van der Waals surface area contributed by atoms with E-state index in [9.17, 15) is 18.0 Å². The number of carbonyl (C=O) groups excluding carboxylic acids is 2. The molecule has 39 heavy (non-hydrogen) atoms. The number of likely N-dealkylation sites (tertiary alicyclic amines) is 1. The molecule has 4 atom stereocenters. The van der Waals surface area contributed by atoms with Gasteiger partial charge >= 0.3 is 5.97 Å². The highest BCUT2D eigenvalue weighted by Gasteiger charge is 2.53. The third kappa shape index (κ3) is 6.29. The summed E-state index contributed by atoms with van der Waals surface area (Å²) in [7, 11) is -0.550. The summed E-state index contributed by atoms with van der Waals surface area (Å²) in [6, 6.07) is 14.1. The first-order valence-corrected chi connectivity index (χ1v) is 15.5. The molecule has 0 aromatic heterocycles. The number of sulfonamides is 1. The zero-order chi connectivity index (χ0) is 28.5. The number of esters is 1. The first-order valence-electron chi connectivity index (χ1n) is 13.3. The average Bonchev–Trinajstić information content (AvgIpc) is 3.75. The largest absolute Gasteiger partial charge is 0.469 e. The van der Waals surface area contributed by atoms with E-state index in [4.69, 9.17) is 27.9 Å². The second kappa shape index (κ2) is 11.8. The molecule has 2 fully saturated rings. The Morgan fingerprint density at radius 1 is 1.13 bits per heavy atom. The first-order chi connectivity index (χ1) is 18.4. The maximum atomic E-state index is 14.5. The summed E-state index contributed by atoms with van der Waals surface area (Å²) in [6.07, 6.45) is 2.14. The fourth-order valence-electron chi connectivity index (χ4n) is 5.77. The van der Waals surface area contributed by atoms with Gasteiger partial charge in [0.1, 0.15) is 0 Å². The number of hydrogen-bond donors (Lipinski definition) is 0. The lowest BCUT2D eigenvalue weighted by Crippen LogP contribution is -2.58. The lowest BCUT2D eigenvalue weighted by atomic mass is 9.67. The van der Waals surface area contributed by atoms with Crippen molar-refractivity contribution in [3.05, 3.63) is 69.7 Å². The van der Waals surface area contributed by atoms with Gasteiger partial charge in [-0.3, -0.25) is 9.59 Å². The van der Waals surface area contributed by atoms with Crippen LogP contribution in [0.2, 0.25) is 10.0 Å². The molecule has 2 aromatic rings. The molecule has 1 aliphatic carbocycles. The molecular weight excluding hydrogens is 559 g/mol. The lowest BCUT2D eigenvalue weighted by Gasteiger charge is -2.52. The minimum atomic E-state index is -3.45. The molecular formula is C29H36Cl2N2O5S. The number of methoxy groups -OCH3 is 1. The summed E-state index contributed by atoms with van der Waals surface area (Å²) in [5, 5.41) is 0.792. The minimum absolute atomic E-state index is 0.0874. The molecule has 7 nitrogen and oxygen atoms in total. The molecule has 1 amide bonds. The van der Waals surface area contributed by atoms with E-state index in [1.807, 2.05) is 42.2 Å². The molecule has 0 bridgehead atoms. The van der Waals surface area contributed by atoms with E-state index in [2.05, 4.69) is 0 Å². The zero-order valence-electron chi connectivity index (χ0n) is 22.8. The van der Waals surface area contributed by atoms with Crippen molar-refractivity contribution >= 4 is 45.1 Å². The summed E-state index contributed by atoms with van der Waals surface area (Å²) in [5.74, 6) is -0.895. The van der Waals surface area contributed by atoms with E-state index in [-0.39, 0.29) is 30.0 Å². The van der Waals surface area contributed by atoms with Crippen molar-refractivity contribution in [2.24, 2.45) is 5.41 Å². The summed E-state index contributed by atoms with van der Waals surface area (Å²) in [6.45, 7) is 3.91. The highest BCUT2D eigenvalue weighted by Crippen LogP contribution is 2.52. The van der Waals surface area contributed by atoms with Crippen LogP contribution in [-0.4, -0.2) is 61.5 Å². The molecule has 1 heterocycles. The number of piperidine rings is 1. The zero-order valence-corrected chi connectivity index (χ0v) is 25.1. The molecule has 2 aromatic carbocycles. The minimum Gasteiger partial charge on any atom is -0.469 e. The van der Waals surface area contributed by atoms with E-state index in [1.165, 1.54) is 11.4 Å². The number of halogens is 2. The quantitative estimate of drug-likeness (QED) is 0.323. The van der Waals surface area contributed by atoms with Crippen LogP contribution in [0.5, 0.6) is 0 Å². The molecule has 0 N–H and O–H groups in total. The van der Waals surface area contributed by atoms with Crippen molar-refractivity contribution in [1.82, 2.24) is 9.21 Å². The van der Waals surface area contributed by atoms with Gasteiger partial charge in [0, 0.05) is 35.6 Å². The number of ether oxygens (including phenoxy) is 1. The van der Waals surface area contributed by atoms with Gasteiger partial charge in [-0.2, -0.15) is 0 Å².